The number of nitro groups is 1. The van der Waals surface area contributed by atoms with Gasteiger partial charge in [0.2, 0.25) is 0 Å². The number of nitro benzene ring substituents is 1. The number of carbonyl (C=O) groups is 1. The molecule has 0 spiro atoms. The molecule has 1 aromatic carbocycles. The van der Waals surface area contributed by atoms with Gasteiger partial charge in [-0.2, -0.15) is 0 Å². The summed E-state index contributed by atoms with van der Waals surface area (Å²) >= 11 is 0. The maximum atomic E-state index is 11.7. The Labute approximate surface area is 122 Å². The zero-order chi connectivity index (χ0) is 14.8. The largest absolute Gasteiger partial charge is 0.508 e. The second-order valence-electron chi connectivity index (χ2n) is 4.69. The van der Waals surface area contributed by atoms with Crippen LogP contribution < -0.4 is 5.73 Å². The van der Waals surface area contributed by atoms with Crippen LogP contribution in [0.4, 0.5) is 5.69 Å². The first-order chi connectivity index (χ1) is 8.71. The van der Waals surface area contributed by atoms with Gasteiger partial charge in [0.1, 0.15) is 5.75 Å². The summed E-state index contributed by atoms with van der Waals surface area (Å²) in [6.45, 7) is 3.09. The number of aromatic hydroxyl groups is 1. The maximum absolute atomic E-state index is 11.7. The fourth-order valence-corrected chi connectivity index (χ4v) is 1.68. The Morgan fingerprint density at radius 3 is 2.50 bits per heavy atom. The molecule has 1 rings (SSSR count). The van der Waals surface area contributed by atoms with Crippen molar-refractivity contribution in [1.82, 2.24) is 0 Å². The van der Waals surface area contributed by atoms with Crippen molar-refractivity contribution in [2.24, 2.45) is 11.1 Å². The van der Waals surface area contributed by atoms with E-state index in [0.29, 0.717) is 0 Å². The third-order valence-electron chi connectivity index (χ3n) is 3.05. The quantitative estimate of drug-likeness (QED) is 0.499. The van der Waals surface area contributed by atoms with E-state index in [9.17, 15) is 20.0 Å². The molecule has 1 aromatic rings. The molecule has 0 aliphatic rings. The molecule has 20 heavy (non-hydrogen) atoms. The van der Waals surface area contributed by atoms with E-state index in [1.165, 1.54) is 13.2 Å². The van der Waals surface area contributed by atoms with E-state index in [0.717, 1.165) is 12.1 Å². The molecule has 0 heterocycles. The van der Waals surface area contributed by atoms with Gasteiger partial charge in [0.05, 0.1) is 17.4 Å². The van der Waals surface area contributed by atoms with E-state index >= 15 is 0 Å². The number of non-ortho nitro benzene ring substituents is 1. The second kappa shape index (κ2) is 6.53. The summed E-state index contributed by atoms with van der Waals surface area (Å²) < 4.78 is 4.64. The number of carbonyl (C=O) groups excluding carboxylic acids is 1. The molecule has 0 bridgehead atoms. The van der Waals surface area contributed by atoms with Crippen molar-refractivity contribution in [3.63, 3.8) is 0 Å². The Kier molecular flexibility index (Phi) is 5.93. The SMILES string of the molecule is COC(=O)C(C)(C)[C@H](N)c1cc([N+](=O)[O-])ccc1O.Cl. The number of nitrogens with zero attached hydrogens (tertiary/aromatic N) is 1. The Morgan fingerprint density at radius 1 is 1.50 bits per heavy atom. The molecular formula is C12H17ClN2O5. The summed E-state index contributed by atoms with van der Waals surface area (Å²) in [4.78, 5) is 21.8. The number of benzene rings is 1. The molecule has 0 amide bonds. The molecule has 1 atom stereocenters. The van der Waals surface area contributed by atoms with Crippen LogP contribution >= 0.6 is 12.4 Å². The minimum absolute atomic E-state index is 0. The molecule has 0 aliphatic heterocycles. The highest BCUT2D eigenvalue weighted by molar-refractivity contribution is 5.85. The van der Waals surface area contributed by atoms with Gasteiger partial charge in [0, 0.05) is 23.7 Å². The highest BCUT2D eigenvalue weighted by atomic mass is 35.5. The van der Waals surface area contributed by atoms with Crippen molar-refractivity contribution < 1.29 is 19.6 Å². The van der Waals surface area contributed by atoms with Gasteiger partial charge in [-0.15, -0.1) is 12.4 Å². The lowest BCUT2D eigenvalue weighted by Gasteiger charge is -2.29. The zero-order valence-corrected chi connectivity index (χ0v) is 12.1. The van der Waals surface area contributed by atoms with Crippen molar-refractivity contribution in [3.8, 4) is 5.75 Å². The second-order valence-corrected chi connectivity index (χ2v) is 4.69. The van der Waals surface area contributed by atoms with Crippen LogP contribution in [0.15, 0.2) is 18.2 Å². The maximum Gasteiger partial charge on any atom is 0.313 e. The highest BCUT2D eigenvalue weighted by Crippen LogP contribution is 2.38. The lowest BCUT2D eigenvalue weighted by Crippen LogP contribution is -2.37. The van der Waals surface area contributed by atoms with Crippen LogP contribution in [0.1, 0.15) is 25.5 Å². The van der Waals surface area contributed by atoms with E-state index in [1.54, 1.807) is 13.8 Å². The van der Waals surface area contributed by atoms with Gasteiger partial charge in [-0.1, -0.05) is 0 Å². The lowest BCUT2D eigenvalue weighted by atomic mass is 9.80. The fourth-order valence-electron chi connectivity index (χ4n) is 1.68. The van der Waals surface area contributed by atoms with Crippen molar-refractivity contribution in [1.29, 1.82) is 0 Å². The number of hydrogen-bond acceptors (Lipinski definition) is 6. The van der Waals surface area contributed by atoms with E-state index in [2.05, 4.69) is 4.74 Å². The number of phenols is 1. The molecule has 112 valence electrons. The van der Waals surface area contributed by atoms with E-state index in [-0.39, 0.29) is 29.4 Å². The van der Waals surface area contributed by atoms with Crippen LogP contribution in [0.3, 0.4) is 0 Å². The van der Waals surface area contributed by atoms with Crippen LogP contribution in [0.25, 0.3) is 0 Å². The Morgan fingerprint density at radius 2 is 2.05 bits per heavy atom. The third-order valence-corrected chi connectivity index (χ3v) is 3.05. The average Bonchev–Trinajstić information content (AvgIpc) is 2.36. The van der Waals surface area contributed by atoms with Gasteiger partial charge >= 0.3 is 5.97 Å². The minimum Gasteiger partial charge on any atom is -0.508 e. The summed E-state index contributed by atoms with van der Waals surface area (Å²) in [6, 6.07) is 2.57. The van der Waals surface area contributed by atoms with Crippen LogP contribution in [-0.2, 0) is 9.53 Å². The van der Waals surface area contributed by atoms with Gasteiger partial charge in [0.25, 0.3) is 5.69 Å². The number of ether oxygens (including phenoxy) is 1. The Hall–Kier alpha value is -1.86. The Balaban J connectivity index is 0.00000361. The van der Waals surface area contributed by atoms with Crippen LogP contribution in [0.2, 0.25) is 0 Å². The highest BCUT2D eigenvalue weighted by Gasteiger charge is 2.38. The molecule has 0 unspecified atom stereocenters. The van der Waals surface area contributed by atoms with Crippen molar-refractivity contribution in [2.75, 3.05) is 7.11 Å². The number of rotatable bonds is 4. The van der Waals surface area contributed by atoms with Crippen molar-refractivity contribution in [2.45, 2.75) is 19.9 Å². The van der Waals surface area contributed by atoms with Crippen LogP contribution in [0, 0.1) is 15.5 Å². The monoisotopic (exact) mass is 304 g/mol. The molecule has 0 saturated heterocycles. The number of phenolic OH excluding ortho intramolecular Hbond substituents is 1. The predicted molar refractivity (Wildman–Crippen MR) is 74.7 cm³/mol. The topological polar surface area (TPSA) is 116 Å². The first kappa shape index (κ1) is 18.1. The first-order valence-electron chi connectivity index (χ1n) is 5.53. The summed E-state index contributed by atoms with van der Waals surface area (Å²) in [5.41, 5.74) is 4.74. The third kappa shape index (κ3) is 3.37. The number of hydrogen-bond donors (Lipinski definition) is 2. The van der Waals surface area contributed by atoms with Crippen LogP contribution in [0.5, 0.6) is 5.75 Å². The predicted octanol–water partition coefficient (Wildman–Crippen LogP) is 1.92. The molecule has 7 nitrogen and oxygen atoms in total. The Bertz CT molecular complexity index is 519. The minimum atomic E-state index is -1.12. The van der Waals surface area contributed by atoms with Crippen molar-refractivity contribution >= 4 is 24.1 Å². The molecule has 0 aliphatic carbocycles. The summed E-state index contributed by atoms with van der Waals surface area (Å²) in [7, 11) is 1.23. The van der Waals surface area contributed by atoms with Crippen molar-refractivity contribution in [3.05, 3.63) is 33.9 Å². The molecule has 0 saturated carbocycles. The van der Waals surface area contributed by atoms with Gasteiger partial charge in [-0.05, 0) is 19.9 Å². The van der Waals surface area contributed by atoms with Gasteiger partial charge < -0.3 is 15.6 Å². The zero-order valence-electron chi connectivity index (χ0n) is 11.3. The number of halogens is 1. The van der Waals surface area contributed by atoms with E-state index in [4.69, 9.17) is 5.73 Å². The van der Waals surface area contributed by atoms with Crippen LogP contribution in [-0.4, -0.2) is 23.1 Å². The molecular weight excluding hydrogens is 288 g/mol. The van der Waals surface area contributed by atoms with Gasteiger partial charge in [-0.25, -0.2) is 0 Å². The van der Waals surface area contributed by atoms with Gasteiger partial charge in [0.15, 0.2) is 0 Å². The number of esters is 1. The normalized spacial score (nSPS) is 12.2. The van der Waals surface area contributed by atoms with E-state index in [1.807, 2.05) is 0 Å². The first-order valence-corrected chi connectivity index (χ1v) is 5.53. The number of methoxy groups -OCH3 is 1. The smallest absolute Gasteiger partial charge is 0.313 e. The summed E-state index contributed by atoms with van der Waals surface area (Å²) in [5, 5.41) is 20.5. The standard InChI is InChI=1S/C12H16N2O5.ClH/c1-12(2,11(16)19-3)10(13)8-6-7(14(17)18)4-5-9(8)15;/h4-6,10,15H,13H2,1-3H3;1H/t10-;/m1./s1. The number of nitrogens with two attached hydrogens (primary N) is 1. The molecule has 0 aromatic heterocycles. The van der Waals surface area contributed by atoms with E-state index < -0.39 is 22.3 Å². The average molecular weight is 305 g/mol. The van der Waals surface area contributed by atoms with Gasteiger partial charge in [-0.3, -0.25) is 14.9 Å². The fraction of sp³-hybridized carbons (Fsp3) is 0.417. The lowest BCUT2D eigenvalue weighted by molar-refractivity contribution is -0.385. The summed E-state index contributed by atoms with van der Waals surface area (Å²) in [6.07, 6.45) is 0. The molecule has 8 heteroatoms. The summed E-state index contributed by atoms with van der Waals surface area (Å²) in [5.74, 6) is -0.763. The molecule has 0 fully saturated rings. The molecule has 0 radical (unpaired) electrons. The molecule has 3 N–H and O–H groups in total.